The third-order valence-corrected chi connectivity index (χ3v) is 3.39. The van der Waals surface area contributed by atoms with E-state index in [1.807, 2.05) is 13.0 Å². The molecule has 1 aromatic rings. The van der Waals surface area contributed by atoms with Crippen molar-refractivity contribution in [3.8, 4) is 0 Å². The number of hydrogen-bond acceptors (Lipinski definition) is 5. The van der Waals surface area contributed by atoms with Crippen LogP contribution in [0.3, 0.4) is 0 Å². The van der Waals surface area contributed by atoms with E-state index in [1.165, 1.54) is 12.8 Å². The number of hydrogen-bond donors (Lipinski definition) is 1. The molecule has 112 valence electrons. The molecular weight excluding hydrogens is 252 g/mol. The Morgan fingerprint density at radius 2 is 2.15 bits per heavy atom. The molecule has 0 amide bonds. The molecule has 2 rings (SSSR count). The largest absolute Gasteiger partial charge is 0.380 e. The van der Waals surface area contributed by atoms with E-state index in [0.717, 1.165) is 50.2 Å². The number of ether oxygens (including phenoxy) is 1. The van der Waals surface area contributed by atoms with Crippen LogP contribution in [0.25, 0.3) is 0 Å². The fourth-order valence-electron chi connectivity index (χ4n) is 1.98. The first kappa shape index (κ1) is 15.0. The zero-order valence-electron chi connectivity index (χ0n) is 12.9. The molecule has 0 unspecified atom stereocenters. The van der Waals surface area contributed by atoms with E-state index in [1.54, 1.807) is 0 Å². The average molecular weight is 278 g/mol. The summed E-state index contributed by atoms with van der Waals surface area (Å²) >= 11 is 0. The molecule has 1 N–H and O–H groups in total. The Bertz CT molecular complexity index is 420. The number of anilines is 2. The molecule has 1 saturated carbocycles. The van der Waals surface area contributed by atoms with Gasteiger partial charge in [0.2, 0.25) is 0 Å². The molecular formula is C15H26N4O. The fraction of sp³-hybridized carbons (Fsp3) is 0.733. The standard InChI is InChI=1S/C15H26N4O/c1-4-8-16-13-11-14(19(3)9-10-20-5-2)18-15(17-13)12-6-7-12/h11-12H,4-10H2,1-3H3,(H,16,17,18). The highest BCUT2D eigenvalue weighted by Gasteiger charge is 2.27. The summed E-state index contributed by atoms with van der Waals surface area (Å²) < 4.78 is 5.41. The summed E-state index contributed by atoms with van der Waals surface area (Å²) in [6, 6.07) is 2.04. The van der Waals surface area contributed by atoms with Crippen LogP contribution in [0.2, 0.25) is 0 Å². The van der Waals surface area contributed by atoms with Crippen LogP contribution in [-0.4, -0.2) is 43.3 Å². The molecule has 1 aliphatic rings. The molecule has 1 heterocycles. The van der Waals surface area contributed by atoms with Crippen molar-refractivity contribution < 1.29 is 4.74 Å². The van der Waals surface area contributed by atoms with E-state index < -0.39 is 0 Å². The molecule has 0 radical (unpaired) electrons. The second kappa shape index (κ2) is 7.43. The number of nitrogens with one attached hydrogen (secondary N) is 1. The van der Waals surface area contributed by atoms with Gasteiger partial charge in [0.1, 0.15) is 17.5 Å². The lowest BCUT2D eigenvalue weighted by molar-refractivity contribution is 0.154. The van der Waals surface area contributed by atoms with Crippen molar-refractivity contribution in [2.75, 3.05) is 43.6 Å². The monoisotopic (exact) mass is 278 g/mol. The van der Waals surface area contributed by atoms with Crippen molar-refractivity contribution in [1.29, 1.82) is 0 Å². The number of nitrogens with zero attached hydrogens (tertiary/aromatic N) is 3. The first-order valence-electron chi connectivity index (χ1n) is 7.66. The van der Waals surface area contributed by atoms with Gasteiger partial charge in [0.15, 0.2) is 0 Å². The zero-order valence-corrected chi connectivity index (χ0v) is 12.9. The Hall–Kier alpha value is -1.36. The van der Waals surface area contributed by atoms with Crippen LogP contribution in [0.1, 0.15) is 44.9 Å². The Labute approximate surface area is 121 Å². The lowest BCUT2D eigenvalue weighted by Crippen LogP contribution is -2.24. The van der Waals surface area contributed by atoms with E-state index in [-0.39, 0.29) is 0 Å². The van der Waals surface area contributed by atoms with Crippen LogP contribution < -0.4 is 10.2 Å². The van der Waals surface area contributed by atoms with Gasteiger partial charge in [0, 0.05) is 38.7 Å². The molecule has 0 atom stereocenters. The van der Waals surface area contributed by atoms with E-state index in [0.29, 0.717) is 5.92 Å². The highest BCUT2D eigenvalue weighted by atomic mass is 16.5. The second-order valence-corrected chi connectivity index (χ2v) is 5.29. The summed E-state index contributed by atoms with van der Waals surface area (Å²) in [5, 5.41) is 3.37. The maximum Gasteiger partial charge on any atom is 0.136 e. The zero-order chi connectivity index (χ0) is 14.4. The van der Waals surface area contributed by atoms with Crippen LogP contribution in [0.4, 0.5) is 11.6 Å². The molecule has 20 heavy (non-hydrogen) atoms. The van der Waals surface area contributed by atoms with Gasteiger partial charge in [-0.05, 0) is 26.2 Å². The maximum absolute atomic E-state index is 5.41. The van der Waals surface area contributed by atoms with Gasteiger partial charge in [-0.15, -0.1) is 0 Å². The Morgan fingerprint density at radius 3 is 2.80 bits per heavy atom. The van der Waals surface area contributed by atoms with Crippen molar-refractivity contribution >= 4 is 11.6 Å². The van der Waals surface area contributed by atoms with Crippen LogP contribution in [0, 0.1) is 0 Å². The van der Waals surface area contributed by atoms with Gasteiger partial charge in [-0.2, -0.15) is 0 Å². The molecule has 0 aromatic carbocycles. The minimum atomic E-state index is 0.567. The molecule has 0 aliphatic heterocycles. The summed E-state index contributed by atoms with van der Waals surface area (Å²) in [7, 11) is 2.06. The lowest BCUT2D eigenvalue weighted by Gasteiger charge is -2.19. The van der Waals surface area contributed by atoms with Crippen LogP contribution in [0.5, 0.6) is 0 Å². The van der Waals surface area contributed by atoms with E-state index in [2.05, 4.69) is 29.2 Å². The van der Waals surface area contributed by atoms with Gasteiger partial charge < -0.3 is 15.0 Å². The van der Waals surface area contributed by atoms with Crippen molar-refractivity contribution in [3.63, 3.8) is 0 Å². The number of rotatable bonds is 9. The lowest BCUT2D eigenvalue weighted by atomic mass is 10.3. The third-order valence-electron chi connectivity index (χ3n) is 3.39. The molecule has 1 aliphatic carbocycles. The molecule has 0 spiro atoms. The second-order valence-electron chi connectivity index (χ2n) is 5.29. The van der Waals surface area contributed by atoms with Crippen LogP contribution in [-0.2, 0) is 4.74 Å². The van der Waals surface area contributed by atoms with Gasteiger partial charge >= 0.3 is 0 Å². The Morgan fingerprint density at radius 1 is 1.35 bits per heavy atom. The summed E-state index contributed by atoms with van der Waals surface area (Å²) in [5.41, 5.74) is 0. The van der Waals surface area contributed by atoms with E-state index >= 15 is 0 Å². The summed E-state index contributed by atoms with van der Waals surface area (Å²) in [6.45, 7) is 7.46. The molecule has 1 aromatic heterocycles. The first-order valence-corrected chi connectivity index (χ1v) is 7.66. The van der Waals surface area contributed by atoms with Crippen molar-refractivity contribution in [1.82, 2.24) is 9.97 Å². The molecule has 1 fully saturated rings. The van der Waals surface area contributed by atoms with Crippen molar-refractivity contribution in [3.05, 3.63) is 11.9 Å². The van der Waals surface area contributed by atoms with Gasteiger partial charge in [-0.1, -0.05) is 6.92 Å². The molecule has 5 heteroatoms. The predicted molar refractivity (Wildman–Crippen MR) is 82.6 cm³/mol. The molecule has 0 bridgehead atoms. The van der Waals surface area contributed by atoms with Gasteiger partial charge in [-0.3, -0.25) is 0 Å². The minimum absolute atomic E-state index is 0.567. The maximum atomic E-state index is 5.41. The highest BCUT2D eigenvalue weighted by Crippen LogP contribution is 2.39. The highest BCUT2D eigenvalue weighted by molar-refractivity contribution is 5.49. The third kappa shape index (κ3) is 4.34. The first-order chi connectivity index (χ1) is 9.74. The summed E-state index contributed by atoms with van der Waals surface area (Å²) in [4.78, 5) is 11.5. The molecule has 0 saturated heterocycles. The smallest absolute Gasteiger partial charge is 0.136 e. The molecule has 5 nitrogen and oxygen atoms in total. The minimum Gasteiger partial charge on any atom is -0.380 e. The van der Waals surface area contributed by atoms with Gasteiger partial charge in [0.25, 0.3) is 0 Å². The number of likely N-dealkylation sites (N-methyl/N-ethyl adjacent to an activating group) is 1. The van der Waals surface area contributed by atoms with Crippen LogP contribution >= 0.6 is 0 Å². The van der Waals surface area contributed by atoms with E-state index in [9.17, 15) is 0 Å². The predicted octanol–water partition coefficient (Wildman–Crippen LogP) is 2.65. The van der Waals surface area contributed by atoms with E-state index in [4.69, 9.17) is 9.72 Å². The fourth-order valence-corrected chi connectivity index (χ4v) is 1.98. The van der Waals surface area contributed by atoms with Gasteiger partial charge in [-0.25, -0.2) is 9.97 Å². The quantitative estimate of drug-likeness (QED) is 0.704. The topological polar surface area (TPSA) is 50.3 Å². The van der Waals surface area contributed by atoms with Crippen molar-refractivity contribution in [2.45, 2.75) is 39.0 Å². The Kier molecular flexibility index (Phi) is 5.59. The Balaban J connectivity index is 2.06. The van der Waals surface area contributed by atoms with Crippen LogP contribution in [0.15, 0.2) is 6.07 Å². The summed E-state index contributed by atoms with van der Waals surface area (Å²) in [6.07, 6.45) is 3.54. The van der Waals surface area contributed by atoms with Gasteiger partial charge in [0.05, 0.1) is 6.61 Å². The number of aromatic nitrogens is 2. The summed E-state index contributed by atoms with van der Waals surface area (Å²) in [5.74, 6) is 3.49. The normalized spacial score (nSPS) is 14.3. The van der Waals surface area contributed by atoms with Crippen molar-refractivity contribution in [2.24, 2.45) is 0 Å². The SMILES string of the molecule is CCCNc1cc(N(C)CCOCC)nc(C2CC2)n1. The average Bonchev–Trinajstić information content (AvgIpc) is 3.29.